The van der Waals surface area contributed by atoms with Crippen LogP contribution in [0.4, 0.5) is 0 Å². The van der Waals surface area contributed by atoms with Crippen molar-refractivity contribution >= 4 is 11.9 Å². The van der Waals surface area contributed by atoms with Crippen LogP contribution in [-0.4, -0.2) is 29.6 Å². The lowest BCUT2D eigenvalue weighted by Gasteiger charge is -2.13. The summed E-state index contributed by atoms with van der Waals surface area (Å²) in [4.78, 5) is 22.8. The van der Waals surface area contributed by atoms with Crippen molar-refractivity contribution in [3.63, 3.8) is 0 Å². The molecule has 0 aliphatic rings. The van der Waals surface area contributed by atoms with Gasteiger partial charge in [-0.05, 0) is 44.4 Å². The molecule has 2 N–H and O–H groups in total. The van der Waals surface area contributed by atoms with Crippen LogP contribution in [0.15, 0.2) is 30.4 Å². The zero-order chi connectivity index (χ0) is 16.5. The maximum Gasteiger partial charge on any atom is 0.326 e. The molecule has 22 heavy (non-hydrogen) atoms. The number of aryl methyl sites for hydroxylation is 2. The van der Waals surface area contributed by atoms with Gasteiger partial charge in [0.15, 0.2) is 0 Å². The molecule has 0 aliphatic carbocycles. The molecule has 1 rings (SSSR count). The zero-order valence-electron chi connectivity index (χ0n) is 13.3. The number of hydrogen-bond donors (Lipinski definition) is 2. The molecule has 1 aromatic rings. The third-order valence-electron chi connectivity index (χ3n) is 3.17. The summed E-state index contributed by atoms with van der Waals surface area (Å²) in [6, 6.07) is 4.97. The van der Waals surface area contributed by atoms with Crippen molar-refractivity contribution in [3.05, 3.63) is 41.5 Å². The first-order valence-electron chi connectivity index (χ1n) is 7.27. The first kappa shape index (κ1) is 17.8. The number of allylic oxidation sites excluding steroid dienone is 1. The fraction of sp³-hybridized carbons (Fsp3) is 0.412. The lowest BCUT2D eigenvalue weighted by atomic mass is 10.1. The van der Waals surface area contributed by atoms with E-state index in [1.54, 1.807) is 19.1 Å². The first-order valence-corrected chi connectivity index (χ1v) is 7.27. The molecule has 0 aliphatic heterocycles. The van der Waals surface area contributed by atoms with Crippen molar-refractivity contribution in [3.8, 4) is 5.75 Å². The summed E-state index contributed by atoms with van der Waals surface area (Å²) in [5, 5.41) is 11.5. The topological polar surface area (TPSA) is 75.6 Å². The lowest BCUT2D eigenvalue weighted by molar-refractivity contribution is -0.141. The monoisotopic (exact) mass is 305 g/mol. The standard InChI is InChI=1S/C17H23NO4/c1-4-5-6-14(17(20)21)18-16(19)9-10-22-15-11-12(2)7-8-13(15)3/h4-5,7-8,11,14H,6,9-10H2,1-3H3,(H,18,19)(H,20,21)/b5-4+. The van der Waals surface area contributed by atoms with Crippen LogP contribution in [0.25, 0.3) is 0 Å². The summed E-state index contributed by atoms with van der Waals surface area (Å²) in [7, 11) is 0. The molecule has 120 valence electrons. The largest absolute Gasteiger partial charge is 0.493 e. The van der Waals surface area contributed by atoms with Crippen LogP contribution in [0, 0.1) is 13.8 Å². The molecule has 1 aromatic carbocycles. The van der Waals surface area contributed by atoms with E-state index in [1.165, 1.54) is 0 Å². The number of carbonyl (C=O) groups excluding carboxylic acids is 1. The molecule has 1 atom stereocenters. The third-order valence-corrected chi connectivity index (χ3v) is 3.17. The van der Waals surface area contributed by atoms with E-state index in [2.05, 4.69) is 5.32 Å². The Hall–Kier alpha value is -2.30. The summed E-state index contributed by atoms with van der Waals surface area (Å²) in [6.45, 7) is 5.93. The van der Waals surface area contributed by atoms with Crippen LogP contribution in [0.5, 0.6) is 5.75 Å². The Morgan fingerprint density at radius 3 is 2.73 bits per heavy atom. The van der Waals surface area contributed by atoms with Gasteiger partial charge in [-0.15, -0.1) is 0 Å². The maximum atomic E-state index is 11.8. The number of hydrogen-bond acceptors (Lipinski definition) is 3. The molecule has 0 heterocycles. The van der Waals surface area contributed by atoms with E-state index in [0.717, 1.165) is 16.9 Å². The smallest absolute Gasteiger partial charge is 0.326 e. The Morgan fingerprint density at radius 2 is 2.09 bits per heavy atom. The van der Waals surface area contributed by atoms with Crippen LogP contribution < -0.4 is 10.1 Å². The Morgan fingerprint density at radius 1 is 1.36 bits per heavy atom. The van der Waals surface area contributed by atoms with Crippen LogP contribution >= 0.6 is 0 Å². The summed E-state index contributed by atoms with van der Waals surface area (Å²) in [5.74, 6) is -0.624. The summed E-state index contributed by atoms with van der Waals surface area (Å²) in [6.07, 6.45) is 3.86. The van der Waals surface area contributed by atoms with Gasteiger partial charge in [0, 0.05) is 0 Å². The van der Waals surface area contributed by atoms with Crippen LogP contribution in [-0.2, 0) is 9.59 Å². The quantitative estimate of drug-likeness (QED) is 0.724. The minimum absolute atomic E-state index is 0.118. The molecule has 1 amide bonds. The molecule has 5 heteroatoms. The van der Waals surface area contributed by atoms with Gasteiger partial charge in [0.2, 0.25) is 5.91 Å². The molecule has 0 saturated carbocycles. The Balaban J connectivity index is 2.45. The van der Waals surface area contributed by atoms with Crippen molar-refractivity contribution in [2.45, 2.75) is 39.7 Å². The predicted molar refractivity (Wildman–Crippen MR) is 85.0 cm³/mol. The van der Waals surface area contributed by atoms with Gasteiger partial charge in [-0.1, -0.05) is 24.3 Å². The molecule has 1 unspecified atom stereocenters. The number of nitrogens with one attached hydrogen (secondary N) is 1. The van der Waals surface area contributed by atoms with Gasteiger partial charge in [-0.2, -0.15) is 0 Å². The van der Waals surface area contributed by atoms with E-state index >= 15 is 0 Å². The van der Waals surface area contributed by atoms with Crippen molar-refractivity contribution in [1.82, 2.24) is 5.32 Å². The second-order valence-electron chi connectivity index (χ2n) is 5.13. The highest BCUT2D eigenvalue weighted by atomic mass is 16.5. The van der Waals surface area contributed by atoms with Crippen LogP contribution in [0.1, 0.15) is 30.9 Å². The molecule has 5 nitrogen and oxygen atoms in total. The highest BCUT2D eigenvalue weighted by Crippen LogP contribution is 2.19. The molecular weight excluding hydrogens is 282 g/mol. The van der Waals surface area contributed by atoms with Gasteiger partial charge in [-0.25, -0.2) is 4.79 Å². The van der Waals surface area contributed by atoms with Gasteiger partial charge in [0.1, 0.15) is 11.8 Å². The highest BCUT2D eigenvalue weighted by Gasteiger charge is 2.18. The van der Waals surface area contributed by atoms with E-state index < -0.39 is 12.0 Å². The van der Waals surface area contributed by atoms with Crippen molar-refractivity contribution in [2.24, 2.45) is 0 Å². The van der Waals surface area contributed by atoms with E-state index in [1.807, 2.05) is 32.0 Å². The molecule has 0 radical (unpaired) electrons. The molecule has 0 aromatic heterocycles. The van der Waals surface area contributed by atoms with Gasteiger partial charge < -0.3 is 15.2 Å². The second-order valence-corrected chi connectivity index (χ2v) is 5.13. The minimum Gasteiger partial charge on any atom is -0.493 e. The fourth-order valence-electron chi connectivity index (χ4n) is 1.88. The Bertz CT molecular complexity index is 552. The third kappa shape index (κ3) is 5.99. The zero-order valence-corrected chi connectivity index (χ0v) is 13.3. The SMILES string of the molecule is C/C=C/CC(NC(=O)CCOc1cc(C)ccc1C)C(=O)O. The number of rotatable bonds is 8. The van der Waals surface area contributed by atoms with E-state index in [0.29, 0.717) is 0 Å². The Kier molecular flexibility index (Phi) is 7.16. The molecule has 0 spiro atoms. The summed E-state index contributed by atoms with van der Waals surface area (Å²) in [5.41, 5.74) is 2.09. The van der Waals surface area contributed by atoms with E-state index in [4.69, 9.17) is 9.84 Å². The van der Waals surface area contributed by atoms with Gasteiger partial charge in [0.05, 0.1) is 13.0 Å². The van der Waals surface area contributed by atoms with Crippen LogP contribution in [0.2, 0.25) is 0 Å². The number of ether oxygens (including phenoxy) is 1. The van der Waals surface area contributed by atoms with Gasteiger partial charge in [-0.3, -0.25) is 4.79 Å². The number of carboxylic acids is 1. The highest BCUT2D eigenvalue weighted by molar-refractivity contribution is 5.83. The summed E-state index contributed by atoms with van der Waals surface area (Å²) >= 11 is 0. The lowest BCUT2D eigenvalue weighted by Crippen LogP contribution is -2.40. The normalized spacial score (nSPS) is 12.1. The molecular formula is C17H23NO4. The van der Waals surface area contributed by atoms with Gasteiger partial charge in [0.25, 0.3) is 0 Å². The number of amides is 1. The van der Waals surface area contributed by atoms with E-state index in [-0.39, 0.29) is 25.4 Å². The van der Waals surface area contributed by atoms with Crippen LogP contribution in [0.3, 0.4) is 0 Å². The van der Waals surface area contributed by atoms with Crippen molar-refractivity contribution < 1.29 is 19.4 Å². The Labute approximate surface area is 131 Å². The van der Waals surface area contributed by atoms with Crippen molar-refractivity contribution in [1.29, 1.82) is 0 Å². The summed E-state index contributed by atoms with van der Waals surface area (Å²) < 4.78 is 5.59. The minimum atomic E-state index is -1.04. The molecule has 0 saturated heterocycles. The van der Waals surface area contributed by atoms with Gasteiger partial charge >= 0.3 is 5.97 Å². The average molecular weight is 305 g/mol. The maximum absolute atomic E-state index is 11.8. The first-order chi connectivity index (χ1) is 10.4. The fourth-order valence-corrected chi connectivity index (χ4v) is 1.88. The number of carboxylic acid groups (broad SMARTS) is 1. The number of carbonyl (C=O) groups is 2. The van der Waals surface area contributed by atoms with E-state index in [9.17, 15) is 9.59 Å². The molecule has 0 fully saturated rings. The second kappa shape index (κ2) is 8.87. The van der Waals surface area contributed by atoms with Crippen molar-refractivity contribution in [2.75, 3.05) is 6.61 Å². The molecule has 0 bridgehead atoms. The average Bonchev–Trinajstić information content (AvgIpc) is 2.46. The number of aliphatic carboxylic acids is 1. The number of benzene rings is 1. The predicted octanol–water partition coefficient (Wildman–Crippen LogP) is 2.61.